The van der Waals surface area contributed by atoms with Crippen LogP contribution in [0.4, 0.5) is 5.82 Å². The van der Waals surface area contributed by atoms with E-state index < -0.39 is 0 Å². The molecule has 0 radical (unpaired) electrons. The first kappa shape index (κ1) is 22.4. The Balaban J connectivity index is 1.39. The lowest BCUT2D eigenvalue weighted by Gasteiger charge is -2.33. The van der Waals surface area contributed by atoms with Crippen molar-refractivity contribution in [2.45, 2.75) is 31.0 Å². The quantitative estimate of drug-likeness (QED) is 0.550. The van der Waals surface area contributed by atoms with E-state index in [1.807, 2.05) is 50.4 Å². The van der Waals surface area contributed by atoms with Crippen molar-refractivity contribution in [2.24, 2.45) is 0 Å². The van der Waals surface area contributed by atoms with Crippen molar-refractivity contribution in [3.8, 4) is 0 Å². The van der Waals surface area contributed by atoms with E-state index >= 15 is 0 Å². The standard InChI is InChI=1S/C24H29N5O2S/c1-17-21(18(2)31-27-17)16-32-22-7-5-4-6-20(22)24(30)26-15-19-8-9-25-23(14-19)29-12-10-28(3)11-13-29/h4-9,14H,10-13,15-16H2,1-3H3,(H,26,30). The fourth-order valence-electron chi connectivity index (χ4n) is 3.69. The molecule has 1 N–H and O–H groups in total. The molecule has 0 saturated carbocycles. The number of nitrogens with zero attached hydrogens (tertiary/aromatic N) is 4. The van der Waals surface area contributed by atoms with E-state index in [-0.39, 0.29) is 5.91 Å². The van der Waals surface area contributed by atoms with Gasteiger partial charge in [-0.25, -0.2) is 4.98 Å². The van der Waals surface area contributed by atoms with Crippen molar-refractivity contribution < 1.29 is 9.32 Å². The van der Waals surface area contributed by atoms with Gasteiger partial charge in [-0.1, -0.05) is 17.3 Å². The molecule has 1 aliphatic heterocycles. The normalized spacial score (nSPS) is 14.5. The molecule has 0 bridgehead atoms. The Hall–Kier alpha value is -2.84. The summed E-state index contributed by atoms with van der Waals surface area (Å²) in [5.74, 6) is 2.43. The van der Waals surface area contributed by atoms with Crippen LogP contribution in [0.1, 0.15) is 32.9 Å². The van der Waals surface area contributed by atoms with Crippen molar-refractivity contribution in [1.82, 2.24) is 20.4 Å². The summed E-state index contributed by atoms with van der Waals surface area (Å²) in [7, 11) is 2.14. The number of carbonyl (C=O) groups excluding carboxylic acids is 1. The maximum absolute atomic E-state index is 13.0. The molecule has 1 fully saturated rings. The fraction of sp³-hybridized carbons (Fsp3) is 0.375. The van der Waals surface area contributed by atoms with E-state index in [0.29, 0.717) is 17.9 Å². The molecule has 7 nitrogen and oxygen atoms in total. The maximum Gasteiger partial charge on any atom is 0.252 e. The fourth-order valence-corrected chi connectivity index (χ4v) is 4.90. The number of nitrogens with one attached hydrogen (secondary N) is 1. The molecule has 1 saturated heterocycles. The van der Waals surface area contributed by atoms with Crippen LogP contribution >= 0.6 is 11.8 Å². The molecule has 1 amide bonds. The molecule has 3 heterocycles. The Morgan fingerprint density at radius 1 is 1.16 bits per heavy atom. The molecule has 32 heavy (non-hydrogen) atoms. The zero-order chi connectivity index (χ0) is 22.5. The largest absolute Gasteiger partial charge is 0.361 e. The van der Waals surface area contributed by atoms with Crippen LogP contribution in [-0.2, 0) is 12.3 Å². The minimum atomic E-state index is -0.0789. The Labute approximate surface area is 193 Å². The van der Waals surface area contributed by atoms with Crippen molar-refractivity contribution in [3.05, 3.63) is 70.7 Å². The summed E-state index contributed by atoms with van der Waals surface area (Å²) >= 11 is 1.62. The number of carbonyl (C=O) groups is 1. The van der Waals surface area contributed by atoms with Gasteiger partial charge in [0.25, 0.3) is 5.91 Å². The van der Waals surface area contributed by atoms with Gasteiger partial charge in [0.2, 0.25) is 0 Å². The summed E-state index contributed by atoms with van der Waals surface area (Å²) in [4.78, 5) is 23.1. The van der Waals surface area contributed by atoms with Gasteiger partial charge >= 0.3 is 0 Å². The molecule has 0 unspecified atom stereocenters. The van der Waals surface area contributed by atoms with Crippen LogP contribution in [0, 0.1) is 13.8 Å². The highest BCUT2D eigenvalue weighted by atomic mass is 32.2. The van der Waals surface area contributed by atoms with Crippen LogP contribution in [0.2, 0.25) is 0 Å². The second-order valence-corrected chi connectivity index (χ2v) is 9.10. The second kappa shape index (κ2) is 10.2. The molecule has 1 aliphatic rings. The molecule has 168 valence electrons. The number of likely N-dealkylation sites (N-methyl/N-ethyl adjacent to an activating group) is 1. The number of pyridine rings is 1. The smallest absolute Gasteiger partial charge is 0.252 e. The van der Waals surface area contributed by atoms with Crippen molar-refractivity contribution in [2.75, 3.05) is 38.1 Å². The molecule has 4 rings (SSSR count). The monoisotopic (exact) mass is 451 g/mol. The van der Waals surface area contributed by atoms with E-state index in [1.165, 1.54) is 0 Å². The highest BCUT2D eigenvalue weighted by Crippen LogP contribution is 2.29. The van der Waals surface area contributed by atoms with Crippen molar-refractivity contribution in [1.29, 1.82) is 0 Å². The Bertz CT molecular complexity index is 1060. The highest BCUT2D eigenvalue weighted by molar-refractivity contribution is 7.98. The number of aryl methyl sites for hydroxylation is 2. The highest BCUT2D eigenvalue weighted by Gasteiger charge is 2.17. The van der Waals surface area contributed by atoms with Gasteiger partial charge in [0.15, 0.2) is 0 Å². The lowest BCUT2D eigenvalue weighted by molar-refractivity contribution is 0.0948. The molecular formula is C24H29N5O2S. The van der Waals surface area contributed by atoms with E-state index in [0.717, 1.165) is 59.5 Å². The first-order valence-corrected chi connectivity index (χ1v) is 11.8. The van der Waals surface area contributed by atoms with Crippen LogP contribution in [0.15, 0.2) is 52.0 Å². The zero-order valence-corrected chi connectivity index (χ0v) is 19.6. The number of hydrogen-bond donors (Lipinski definition) is 1. The Morgan fingerprint density at radius 3 is 2.69 bits per heavy atom. The molecule has 1 aromatic carbocycles. The van der Waals surface area contributed by atoms with Crippen LogP contribution in [-0.4, -0.2) is 54.2 Å². The number of thioether (sulfide) groups is 1. The number of piperazine rings is 1. The average molecular weight is 452 g/mol. The van der Waals surface area contributed by atoms with Crippen LogP contribution < -0.4 is 10.2 Å². The third-order valence-corrected chi connectivity index (χ3v) is 6.88. The molecule has 3 aromatic rings. The molecule has 0 spiro atoms. The van der Waals surface area contributed by atoms with Gasteiger partial charge < -0.3 is 19.6 Å². The number of amides is 1. The van der Waals surface area contributed by atoms with Crippen molar-refractivity contribution in [3.63, 3.8) is 0 Å². The second-order valence-electron chi connectivity index (χ2n) is 8.08. The predicted molar refractivity (Wildman–Crippen MR) is 127 cm³/mol. The molecule has 8 heteroatoms. The number of rotatable bonds is 7. The first-order chi connectivity index (χ1) is 15.5. The average Bonchev–Trinajstić information content (AvgIpc) is 3.14. The lowest BCUT2D eigenvalue weighted by atomic mass is 10.2. The van der Waals surface area contributed by atoms with Crippen molar-refractivity contribution >= 4 is 23.5 Å². The van der Waals surface area contributed by atoms with E-state index in [4.69, 9.17) is 4.52 Å². The zero-order valence-electron chi connectivity index (χ0n) is 18.8. The maximum atomic E-state index is 13.0. The molecule has 2 aromatic heterocycles. The summed E-state index contributed by atoms with van der Waals surface area (Å²) < 4.78 is 5.25. The number of hydrogen-bond acceptors (Lipinski definition) is 7. The first-order valence-electron chi connectivity index (χ1n) is 10.8. The number of aromatic nitrogens is 2. The Kier molecular flexibility index (Phi) is 7.12. The number of anilines is 1. The van der Waals surface area contributed by atoms with Gasteiger partial charge in [-0.05, 0) is 50.7 Å². The summed E-state index contributed by atoms with van der Waals surface area (Å²) in [5, 5.41) is 7.09. The molecular weight excluding hydrogens is 422 g/mol. The Morgan fingerprint density at radius 2 is 1.94 bits per heavy atom. The van der Waals surface area contributed by atoms with E-state index in [1.54, 1.807) is 11.8 Å². The van der Waals surface area contributed by atoms with Gasteiger partial charge in [-0.2, -0.15) is 0 Å². The minimum absolute atomic E-state index is 0.0789. The topological polar surface area (TPSA) is 74.5 Å². The van der Waals surface area contributed by atoms with Gasteiger partial charge in [-0.15, -0.1) is 11.8 Å². The molecule has 0 aliphatic carbocycles. The lowest BCUT2D eigenvalue weighted by Crippen LogP contribution is -2.44. The van der Waals surface area contributed by atoms with Gasteiger partial charge in [0.05, 0.1) is 11.3 Å². The summed E-state index contributed by atoms with van der Waals surface area (Å²) in [6.45, 7) is 8.32. The number of benzene rings is 1. The van der Waals surface area contributed by atoms with Gasteiger partial charge in [0.1, 0.15) is 11.6 Å². The van der Waals surface area contributed by atoms with E-state index in [2.05, 4.69) is 38.4 Å². The summed E-state index contributed by atoms with van der Waals surface area (Å²) in [6, 6.07) is 11.7. The third kappa shape index (κ3) is 5.31. The summed E-state index contributed by atoms with van der Waals surface area (Å²) in [5.41, 5.74) is 3.70. The van der Waals surface area contributed by atoms with Gasteiger partial charge in [0, 0.05) is 55.1 Å². The van der Waals surface area contributed by atoms with Gasteiger partial charge in [-0.3, -0.25) is 4.79 Å². The van der Waals surface area contributed by atoms with Crippen LogP contribution in [0.5, 0.6) is 0 Å². The minimum Gasteiger partial charge on any atom is -0.361 e. The molecule has 0 atom stereocenters. The van der Waals surface area contributed by atoms with Crippen LogP contribution in [0.25, 0.3) is 0 Å². The SMILES string of the molecule is Cc1noc(C)c1CSc1ccccc1C(=O)NCc1ccnc(N2CCN(C)CC2)c1. The van der Waals surface area contributed by atoms with Crippen LogP contribution in [0.3, 0.4) is 0 Å². The van der Waals surface area contributed by atoms with E-state index in [9.17, 15) is 4.79 Å². The third-order valence-electron chi connectivity index (χ3n) is 5.78. The predicted octanol–water partition coefficient (Wildman–Crippen LogP) is 3.66. The summed E-state index contributed by atoms with van der Waals surface area (Å²) in [6.07, 6.45) is 1.82.